The van der Waals surface area contributed by atoms with Gasteiger partial charge in [-0.2, -0.15) is 0 Å². The second-order valence-corrected chi connectivity index (χ2v) is 4.29. The van der Waals surface area contributed by atoms with Gasteiger partial charge in [0.25, 0.3) is 0 Å². The second-order valence-electron chi connectivity index (χ2n) is 4.29. The minimum atomic E-state index is -0.129. The summed E-state index contributed by atoms with van der Waals surface area (Å²) in [6.07, 6.45) is 0.290. The van der Waals surface area contributed by atoms with Gasteiger partial charge in [0.2, 0.25) is 5.91 Å². The van der Waals surface area contributed by atoms with E-state index in [1.807, 2.05) is 17.0 Å². The van der Waals surface area contributed by atoms with Gasteiger partial charge in [-0.3, -0.25) is 9.69 Å². The third-order valence-electron chi connectivity index (χ3n) is 2.87. The van der Waals surface area contributed by atoms with Crippen LogP contribution in [0.1, 0.15) is 6.42 Å². The zero-order valence-corrected chi connectivity index (χ0v) is 11.7. The number of hydrogen-bond acceptors (Lipinski definition) is 5. The SMILES string of the molecule is COc1ccccc1NC(=O)CCN(CCO)CCO. The maximum atomic E-state index is 11.9. The Labute approximate surface area is 119 Å². The molecule has 3 N–H and O–H groups in total. The first-order valence-electron chi connectivity index (χ1n) is 6.58. The fraction of sp³-hybridized carbons (Fsp3) is 0.500. The Morgan fingerprint density at radius 1 is 1.20 bits per heavy atom. The monoisotopic (exact) mass is 282 g/mol. The van der Waals surface area contributed by atoms with Crippen molar-refractivity contribution in [3.8, 4) is 5.75 Å². The fourth-order valence-corrected chi connectivity index (χ4v) is 1.84. The first kappa shape index (κ1) is 16.4. The van der Waals surface area contributed by atoms with E-state index in [0.717, 1.165) is 0 Å². The summed E-state index contributed by atoms with van der Waals surface area (Å²) in [7, 11) is 1.55. The number of nitrogens with zero attached hydrogens (tertiary/aromatic N) is 1. The highest BCUT2D eigenvalue weighted by Crippen LogP contribution is 2.22. The van der Waals surface area contributed by atoms with Crippen LogP contribution in [0.3, 0.4) is 0 Å². The first-order chi connectivity index (χ1) is 9.71. The first-order valence-corrected chi connectivity index (χ1v) is 6.58. The molecule has 0 atom stereocenters. The molecule has 0 spiro atoms. The average molecular weight is 282 g/mol. The standard InChI is InChI=1S/C14H22N2O4/c1-20-13-5-3-2-4-12(13)15-14(19)6-7-16(8-10-17)9-11-18/h2-5,17-18H,6-11H2,1H3,(H,15,19). The fourth-order valence-electron chi connectivity index (χ4n) is 1.84. The molecule has 0 aliphatic heterocycles. The van der Waals surface area contributed by atoms with Crippen LogP contribution in [-0.2, 0) is 4.79 Å². The summed E-state index contributed by atoms with van der Waals surface area (Å²) in [5.74, 6) is 0.485. The van der Waals surface area contributed by atoms with Crippen LogP contribution in [0, 0.1) is 0 Å². The number of hydrogen-bond donors (Lipinski definition) is 3. The molecule has 0 bridgehead atoms. The minimum absolute atomic E-state index is 0.00806. The molecule has 6 nitrogen and oxygen atoms in total. The molecule has 20 heavy (non-hydrogen) atoms. The highest BCUT2D eigenvalue weighted by Gasteiger charge is 2.09. The highest BCUT2D eigenvalue weighted by molar-refractivity contribution is 5.92. The van der Waals surface area contributed by atoms with Gasteiger partial charge in [0.05, 0.1) is 26.0 Å². The minimum Gasteiger partial charge on any atom is -0.495 e. The Hall–Kier alpha value is -1.63. The van der Waals surface area contributed by atoms with E-state index >= 15 is 0 Å². The highest BCUT2D eigenvalue weighted by atomic mass is 16.5. The molecule has 0 saturated heterocycles. The Kier molecular flexibility index (Phi) is 7.64. The van der Waals surface area contributed by atoms with Crippen molar-refractivity contribution in [2.75, 3.05) is 45.3 Å². The lowest BCUT2D eigenvalue weighted by Crippen LogP contribution is -2.32. The molecule has 0 aliphatic carbocycles. The number of aliphatic hydroxyl groups excluding tert-OH is 2. The van der Waals surface area contributed by atoms with Gasteiger partial charge in [-0.1, -0.05) is 12.1 Å². The van der Waals surface area contributed by atoms with Crippen molar-refractivity contribution in [2.45, 2.75) is 6.42 Å². The zero-order chi connectivity index (χ0) is 14.8. The molecule has 6 heteroatoms. The molecule has 0 unspecified atom stereocenters. The van der Waals surface area contributed by atoms with Gasteiger partial charge in [-0.05, 0) is 12.1 Å². The van der Waals surface area contributed by atoms with E-state index < -0.39 is 0 Å². The van der Waals surface area contributed by atoms with E-state index in [1.54, 1.807) is 19.2 Å². The van der Waals surface area contributed by atoms with Crippen molar-refractivity contribution in [1.29, 1.82) is 0 Å². The van der Waals surface area contributed by atoms with Crippen molar-refractivity contribution in [1.82, 2.24) is 4.90 Å². The van der Waals surface area contributed by atoms with E-state index in [0.29, 0.717) is 31.1 Å². The molecule has 0 aliphatic rings. The molecular formula is C14H22N2O4. The summed E-state index contributed by atoms with van der Waals surface area (Å²) in [5, 5.41) is 20.6. The predicted octanol–water partition coefficient (Wildman–Crippen LogP) is 0.310. The van der Waals surface area contributed by atoms with Crippen molar-refractivity contribution >= 4 is 11.6 Å². The number of amides is 1. The Morgan fingerprint density at radius 2 is 1.85 bits per heavy atom. The number of benzene rings is 1. The summed E-state index contributed by atoms with van der Waals surface area (Å²) >= 11 is 0. The normalized spacial score (nSPS) is 10.6. The van der Waals surface area contributed by atoms with Crippen LogP contribution >= 0.6 is 0 Å². The molecule has 1 aromatic carbocycles. The molecule has 1 rings (SSSR count). The van der Waals surface area contributed by atoms with Crippen LogP contribution in [0.25, 0.3) is 0 Å². The lowest BCUT2D eigenvalue weighted by atomic mass is 10.2. The summed E-state index contributed by atoms with van der Waals surface area (Å²) in [6.45, 7) is 1.40. The predicted molar refractivity (Wildman–Crippen MR) is 76.9 cm³/mol. The summed E-state index contributed by atoms with van der Waals surface area (Å²) in [5.41, 5.74) is 0.635. The van der Waals surface area contributed by atoms with Crippen LogP contribution in [-0.4, -0.2) is 61.0 Å². The molecule has 0 fully saturated rings. The number of aliphatic hydroxyl groups is 2. The number of rotatable bonds is 9. The number of ether oxygens (including phenoxy) is 1. The van der Waals surface area contributed by atoms with Gasteiger partial charge >= 0.3 is 0 Å². The molecule has 0 heterocycles. The van der Waals surface area contributed by atoms with E-state index in [2.05, 4.69) is 5.32 Å². The summed E-state index contributed by atoms with van der Waals surface area (Å²) < 4.78 is 5.16. The average Bonchev–Trinajstić information content (AvgIpc) is 2.46. The quantitative estimate of drug-likeness (QED) is 0.607. The van der Waals surface area contributed by atoms with Crippen molar-refractivity contribution < 1.29 is 19.7 Å². The Bertz CT molecular complexity index is 406. The number of anilines is 1. The van der Waals surface area contributed by atoms with Crippen molar-refractivity contribution in [2.24, 2.45) is 0 Å². The number of carbonyl (C=O) groups excluding carboxylic acids is 1. The van der Waals surface area contributed by atoms with Gasteiger partial charge in [0.1, 0.15) is 5.75 Å². The van der Waals surface area contributed by atoms with Gasteiger partial charge < -0.3 is 20.3 Å². The third kappa shape index (κ3) is 5.56. The smallest absolute Gasteiger partial charge is 0.225 e. The van der Waals surface area contributed by atoms with Gasteiger partial charge in [0, 0.05) is 26.1 Å². The number of carbonyl (C=O) groups is 1. The largest absolute Gasteiger partial charge is 0.495 e. The molecule has 1 aromatic rings. The lowest BCUT2D eigenvalue weighted by molar-refractivity contribution is -0.116. The number of methoxy groups -OCH3 is 1. The van der Waals surface area contributed by atoms with Gasteiger partial charge in [0.15, 0.2) is 0 Å². The third-order valence-corrected chi connectivity index (χ3v) is 2.87. The van der Waals surface area contributed by atoms with Crippen molar-refractivity contribution in [3.63, 3.8) is 0 Å². The maximum Gasteiger partial charge on any atom is 0.225 e. The Balaban J connectivity index is 2.46. The van der Waals surface area contributed by atoms with Crippen LogP contribution in [0.4, 0.5) is 5.69 Å². The van der Waals surface area contributed by atoms with E-state index in [-0.39, 0.29) is 25.5 Å². The summed E-state index contributed by atoms with van der Waals surface area (Å²) in [6, 6.07) is 7.20. The molecular weight excluding hydrogens is 260 g/mol. The van der Waals surface area contributed by atoms with Crippen LogP contribution < -0.4 is 10.1 Å². The van der Waals surface area contributed by atoms with Crippen LogP contribution in [0.15, 0.2) is 24.3 Å². The van der Waals surface area contributed by atoms with E-state index in [9.17, 15) is 4.79 Å². The zero-order valence-electron chi connectivity index (χ0n) is 11.7. The Morgan fingerprint density at radius 3 is 2.45 bits per heavy atom. The molecule has 1 amide bonds. The van der Waals surface area contributed by atoms with E-state index in [4.69, 9.17) is 14.9 Å². The second kappa shape index (κ2) is 9.30. The van der Waals surface area contributed by atoms with Crippen LogP contribution in [0.5, 0.6) is 5.75 Å². The number of nitrogens with one attached hydrogen (secondary N) is 1. The maximum absolute atomic E-state index is 11.9. The van der Waals surface area contributed by atoms with Gasteiger partial charge in [-0.15, -0.1) is 0 Å². The van der Waals surface area contributed by atoms with Crippen LogP contribution in [0.2, 0.25) is 0 Å². The topological polar surface area (TPSA) is 82.0 Å². The van der Waals surface area contributed by atoms with Crippen molar-refractivity contribution in [3.05, 3.63) is 24.3 Å². The molecule has 0 radical (unpaired) electrons. The molecule has 112 valence electrons. The van der Waals surface area contributed by atoms with Gasteiger partial charge in [-0.25, -0.2) is 0 Å². The number of para-hydroxylation sites is 2. The lowest BCUT2D eigenvalue weighted by Gasteiger charge is -2.19. The molecule has 0 saturated carbocycles. The molecule has 0 aromatic heterocycles. The van der Waals surface area contributed by atoms with E-state index in [1.165, 1.54) is 0 Å². The summed E-state index contributed by atoms with van der Waals surface area (Å²) in [4.78, 5) is 13.7.